The molecular formula is C14H31NO9. The van der Waals surface area contributed by atoms with Crippen LogP contribution in [0.15, 0.2) is 0 Å². The van der Waals surface area contributed by atoms with Crippen molar-refractivity contribution in [2.45, 2.75) is 44.7 Å². The van der Waals surface area contributed by atoms with Gasteiger partial charge >= 0.3 is 0 Å². The molecule has 0 rings (SSSR count). The van der Waals surface area contributed by atoms with E-state index in [9.17, 15) is 9.90 Å². The quantitative estimate of drug-likeness (QED) is 0.175. The summed E-state index contributed by atoms with van der Waals surface area (Å²) in [7, 11) is 0. The fraction of sp³-hybridized carbons (Fsp3) is 0.929. The Morgan fingerprint density at radius 1 is 0.958 bits per heavy atom. The van der Waals surface area contributed by atoms with Gasteiger partial charge in [-0.1, -0.05) is 13.8 Å². The van der Waals surface area contributed by atoms with Gasteiger partial charge in [0.1, 0.15) is 24.4 Å². The fourth-order valence-electron chi connectivity index (χ4n) is 1.30. The SMILES string of the molecule is CC(C)(CO)C(O)C(=O)NCCCO.OC[C@@H](O)[C@H](O)[C@@H](O)CO. The van der Waals surface area contributed by atoms with Crippen molar-refractivity contribution in [1.82, 2.24) is 5.32 Å². The van der Waals surface area contributed by atoms with E-state index in [-0.39, 0.29) is 13.2 Å². The van der Waals surface area contributed by atoms with Gasteiger partial charge < -0.3 is 46.2 Å². The summed E-state index contributed by atoms with van der Waals surface area (Å²) in [6.07, 6.45) is -5.07. The van der Waals surface area contributed by atoms with Gasteiger partial charge in [-0.05, 0) is 6.42 Å². The van der Waals surface area contributed by atoms with E-state index in [1.54, 1.807) is 13.8 Å². The van der Waals surface area contributed by atoms with E-state index >= 15 is 0 Å². The molecule has 10 heteroatoms. The van der Waals surface area contributed by atoms with Crippen molar-refractivity contribution >= 4 is 5.91 Å². The maximum atomic E-state index is 11.3. The number of nitrogens with one attached hydrogen (secondary N) is 1. The van der Waals surface area contributed by atoms with Gasteiger partial charge in [0.25, 0.3) is 0 Å². The van der Waals surface area contributed by atoms with Crippen LogP contribution in [0.2, 0.25) is 0 Å². The Labute approximate surface area is 141 Å². The summed E-state index contributed by atoms with van der Waals surface area (Å²) in [6, 6.07) is 0. The van der Waals surface area contributed by atoms with Gasteiger partial charge in [0.2, 0.25) is 5.91 Å². The van der Waals surface area contributed by atoms with Crippen LogP contribution in [-0.4, -0.2) is 104 Å². The summed E-state index contributed by atoms with van der Waals surface area (Å²) in [6.45, 7) is 1.98. The number of rotatable bonds is 10. The first-order valence-corrected chi connectivity index (χ1v) is 7.52. The Morgan fingerprint density at radius 2 is 1.42 bits per heavy atom. The average molecular weight is 357 g/mol. The van der Waals surface area contributed by atoms with Crippen LogP contribution in [0.1, 0.15) is 20.3 Å². The fourth-order valence-corrected chi connectivity index (χ4v) is 1.30. The molecule has 0 spiro atoms. The van der Waals surface area contributed by atoms with Crippen molar-refractivity contribution in [2.24, 2.45) is 5.41 Å². The molecule has 9 N–H and O–H groups in total. The number of hydrogen-bond donors (Lipinski definition) is 9. The minimum absolute atomic E-state index is 0.000230. The van der Waals surface area contributed by atoms with Crippen molar-refractivity contribution in [3.05, 3.63) is 0 Å². The van der Waals surface area contributed by atoms with E-state index in [1.165, 1.54) is 0 Å². The van der Waals surface area contributed by atoms with Gasteiger partial charge in [-0.2, -0.15) is 0 Å². The Morgan fingerprint density at radius 3 is 1.75 bits per heavy atom. The standard InChI is InChI=1S/C9H19NO4.C5H12O5/c1-9(2,6-12)7(13)8(14)10-4-3-5-11;6-1-3(8)5(10)4(9)2-7/h7,11-13H,3-6H2,1-2H3,(H,10,14);3-10H,1-2H2/t;3-,4+,5+. The van der Waals surface area contributed by atoms with E-state index in [0.29, 0.717) is 13.0 Å². The van der Waals surface area contributed by atoms with E-state index < -0.39 is 49.0 Å². The van der Waals surface area contributed by atoms with Gasteiger partial charge in [-0.3, -0.25) is 4.79 Å². The highest BCUT2D eigenvalue weighted by atomic mass is 16.4. The lowest BCUT2D eigenvalue weighted by atomic mass is 9.87. The maximum absolute atomic E-state index is 11.3. The Kier molecular flexibility index (Phi) is 14.2. The molecule has 0 aromatic carbocycles. The number of carbonyl (C=O) groups is 1. The van der Waals surface area contributed by atoms with E-state index in [0.717, 1.165) is 0 Å². The number of hydrogen-bond acceptors (Lipinski definition) is 9. The predicted molar refractivity (Wildman–Crippen MR) is 83.8 cm³/mol. The molecule has 10 nitrogen and oxygen atoms in total. The molecule has 146 valence electrons. The number of aliphatic hydroxyl groups excluding tert-OH is 8. The van der Waals surface area contributed by atoms with Crippen LogP contribution in [-0.2, 0) is 4.79 Å². The zero-order valence-electron chi connectivity index (χ0n) is 14.0. The van der Waals surface area contributed by atoms with Crippen LogP contribution in [0, 0.1) is 5.41 Å². The summed E-state index contributed by atoms with van der Waals surface area (Å²) in [5.74, 6) is -0.516. The van der Waals surface area contributed by atoms with Crippen molar-refractivity contribution in [3.8, 4) is 0 Å². The molecule has 0 heterocycles. The summed E-state index contributed by atoms with van der Waals surface area (Å²) < 4.78 is 0. The van der Waals surface area contributed by atoms with Crippen LogP contribution in [0.5, 0.6) is 0 Å². The molecule has 0 saturated carbocycles. The summed E-state index contributed by atoms with van der Waals surface area (Å²) in [5, 5.41) is 71.9. The molecule has 0 aliphatic carbocycles. The second-order valence-electron chi connectivity index (χ2n) is 5.91. The molecule has 0 fully saturated rings. The third-order valence-electron chi connectivity index (χ3n) is 3.19. The molecule has 1 amide bonds. The predicted octanol–water partition coefficient (Wildman–Crippen LogP) is -4.08. The Bertz CT molecular complexity index is 317. The molecule has 0 aromatic rings. The van der Waals surface area contributed by atoms with Crippen LogP contribution >= 0.6 is 0 Å². The van der Waals surface area contributed by atoms with Gasteiger partial charge in [0, 0.05) is 18.6 Å². The highest BCUT2D eigenvalue weighted by molar-refractivity contribution is 5.81. The first kappa shape index (κ1) is 25.4. The lowest BCUT2D eigenvalue weighted by Crippen LogP contribution is -2.45. The van der Waals surface area contributed by atoms with Crippen molar-refractivity contribution in [1.29, 1.82) is 0 Å². The Hall–Kier alpha value is -0.850. The molecule has 24 heavy (non-hydrogen) atoms. The third-order valence-corrected chi connectivity index (χ3v) is 3.19. The molecule has 1 unspecified atom stereocenters. The second kappa shape index (κ2) is 13.4. The van der Waals surface area contributed by atoms with Crippen LogP contribution in [0.4, 0.5) is 0 Å². The molecule has 0 aliphatic rings. The van der Waals surface area contributed by atoms with Gasteiger partial charge in [0.05, 0.1) is 19.8 Å². The smallest absolute Gasteiger partial charge is 0.249 e. The van der Waals surface area contributed by atoms with E-state index in [4.69, 9.17) is 35.7 Å². The average Bonchev–Trinajstić information content (AvgIpc) is 2.59. The molecular weight excluding hydrogens is 326 g/mol. The van der Waals surface area contributed by atoms with Crippen molar-refractivity contribution in [3.63, 3.8) is 0 Å². The van der Waals surface area contributed by atoms with Crippen LogP contribution in [0.3, 0.4) is 0 Å². The van der Waals surface area contributed by atoms with Gasteiger partial charge in [-0.25, -0.2) is 0 Å². The largest absolute Gasteiger partial charge is 0.396 e. The monoisotopic (exact) mass is 357 g/mol. The van der Waals surface area contributed by atoms with E-state index in [1.807, 2.05) is 0 Å². The first-order valence-electron chi connectivity index (χ1n) is 7.52. The van der Waals surface area contributed by atoms with Crippen molar-refractivity contribution < 1.29 is 45.6 Å². The minimum atomic E-state index is -1.49. The van der Waals surface area contributed by atoms with E-state index in [2.05, 4.69) is 5.32 Å². The number of carbonyl (C=O) groups excluding carboxylic acids is 1. The highest BCUT2D eigenvalue weighted by Crippen LogP contribution is 2.19. The molecule has 0 saturated heterocycles. The highest BCUT2D eigenvalue weighted by Gasteiger charge is 2.32. The maximum Gasteiger partial charge on any atom is 0.249 e. The normalized spacial score (nSPS) is 16.4. The Balaban J connectivity index is 0. The zero-order valence-corrected chi connectivity index (χ0v) is 14.0. The molecule has 4 atom stereocenters. The third kappa shape index (κ3) is 10.1. The second-order valence-corrected chi connectivity index (χ2v) is 5.91. The van der Waals surface area contributed by atoms with Gasteiger partial charge in [-0.15, -0.1) is 0 Å². The molecule has 0 aromatic heterocycles. The topological polar surface area (TPSA) is 191 Å². The molecule has 0 bridgehead atoms. The first-order chi connectivity index (χ1) is 11.1. The molecule has 0 aliphatic heterocycles. The van der Waals surface area contributed by atoms with Crippen LogP contribution < -0.4 is 5.32 Å². The lowest BCUT2D eigenvalue weighted by molar-refractivity contribution is -0.137. The lowest BCUT2D eigenvalue weighted by Gasteiger charge is -2.27. The van der Waals surface area contributed by atoms with Gasteiger partial charge in [0.15, 0.2) is 0 Å². The summed E-state index contributed by atoms with van der Waals surface area (Å²) in [5.41, 5.74) is -0.844. The van der Waals surface area contributed by atoms with Crippen molar-refractivity contribution in [2.75, 3.05) is 33.0 Å². The molecule has 0 radical (unpaired) electrons. The minimum Gasteiger partial charge on any atom is -0.396 e. The number of aliphatic hydroxyl groups is 8. The summed E-state index contributed by atoms with van der Waals surface area (Å²) >= 11 is 0. The summed E-state index contributed by atoms with van der Waals surface area (Å²) in [4.78, 5) is 11.3. The van der Waals surface area contributed by atoms with Crippen LogP contribution in [0.25, 0.3) is 0 Å². The zero-order chi connectivity index (χ0) is 19.3. The number of amides is 1.